The van der Waals surface area contributed by atoms with Crippen LogP contribution in [0.5, 0.6) is 0 Å². The molecule has 1 fully saturated rings. The van der Waals surface area contributed by atoms with Gasteiger partial charge in [0.2, 0.25) is 0 Å². The lowest BCUT2D eigenvalue weighted by Gasteiger charge is -2.06. The third-order valence-electron chi connectivity index (χ3n) is 3.16. The van der Waals surface area contributed by atoms with E-state index in [1.165, 1.54) is 16.8 Å². The normalized spacial score (nSPS) is 15.2. The van der Waals surface area contributed by atoms with Crippen molar-refractivity contribution in [3.8, 4) is 5.69 Å². The molecule has 0 radical (unpaired) electrons. The first-order valence-electron chi connectivity index (χ1n) is 5.73. The van der Waals surface area contributed by atoms with E-state index < -0.39 is 0 Å². The average molecular weight is 232 g/mol. The molecule has 0 spiro atoms. The number of nitrogens with zero attached hydrogens (tertiary/aromatic N) is 1. The van der Waals surface area contributed by atoms with Gasteiger partial charge in [-0.05, 0) is 43.5 Å². The van der Waals surface area contributed by atoms with Crippen molar-refractivity contribution in [2.24, 2.45) is 0 Å². The highest BCUT2D eigenvalue weighted by molar-refractivity contribution is 5.40. The minimum atomic E-state index is -0.284. The van der Waals surface area contributed by atoms with Gasteiger partial charge in [-0.15, -0.1) is 0 Å². The summed E-state index contributed by atoms with van der Waals surface area (Å²) >= 11 is 0. The second kappa shape index (κ2) is 3.58. The summed E-state index contributed by atoms with van der Waals surface area (Å²) in [5.74, 6) is 0.220. The summed E-state index contributed by atoms with van der Waals surface area (Å²) in [6.07, 6.45) is 2.28. The van der Waals surface area contributed by atoms with Crippen LogP contribution < -0.4 is 5.56 Å². The maximum Gasteiger partial charge on any atom is 0.271 e. The molecule has 3 nitrogen and oxygen atoms in total. The Kier molecular flexibility index (Phi) is 2.18. The van der Waals surface area contributed by atoms with Crippen LogP contribution in [0, 0.1) is 12.7 Å². The molecule has 17 heavy (non-hydrogen) atoms. The summed E-state index contributed by atoms with van der Waals surface area (Å²) in [4.78, 5) is 11.8. The Bertz CT molecular complexity index is 623. The summed E-state index contributed by atoms with van der Waals surface area (Å²) in [6.45, 7) is 1.79. The lowest BCUT2D eigenvalue weighted by atomic mass is 10.2. The fourth-order valence-corrected chi connectivity index (χ4v) is 2.07. The molecule has 0 aliphatic heterocycles. The zero-order valence-electron chi connectivity index (χ0n) is 9.53. The molecule has 1 N–H and O–H groups in total. The number of hydrogen-bond donors (Lipinski definition) is 1. The van der Waals surface area contributed by atoms with Crippen LogP contribution in [-0.4, -0.2) is 9.78 Å². The number of nitrogens with one attached hydrogen (secondary N) is 1. The number of aromatic nitrogens is 2. The molecule has 2 aromatic rings. The minimum absolute atomic E-state index is 0.0818. The molecule has 1 aromatic carbocycles. The molecule has 1 aromatic heterocycles. The van der Waals surface area contributed by atoms with Crippen LogP contribution in [0.25, 0.3) is 5.69 Å². The highest BCUT2D eigenvalue weighted by Crippen LogP contribution is 2.38. The molecule has 0 bridgehead atoms. The van der Waals surface area contributed by atoms with Crippen molar-refractivity contribution in [1.82, 2.24) is 9.78 Å². The number of aryl methyl sites for hydroxylation is 1. The second-order valence-corrected chi connectivity index (χ2v) is 4.59. The van der Waals surface area contributed by atoms with Crippen LogP contribution >= 0.6 is 0 Å². The quantitative estimate of drug-likeness (QED) is 0.848. The molecule has 1 aliphatic rings. The van der Waals surface area contributed by atoms with E-state index in [0.717, 1.165) is 24.1 Å². The van der Waals surface area contributed by atoms with E-state index in [1.54, 1.807) is 19.1 Å². The van der Waals surface area contributed by atoms with Gasteiger partial charge in [-0.1, -0.05) is 0 Å². The first kappa shape index (κ1) is 10.3. The summed E-state index contributed by atoms with van der Waals surface area (Å²) in [6, 6.07) is 6.06. The first-order valence-corrected chi connectivity index (χ1v) is 5.73. The fraction of sp³-hybridized carbons (Fsp3) is 0.308. The maximum atomic E-state index is 13.0. The van der Waals surface area contributed by atoms with Crippen LogP contribution in [0.3, 0.4) is 0 Å². The molecule has 3 rings (SSSR count). The van der Waals surface area contributed by atoms with Gasteiger partial charge in [-0.25, -0.2) is 9.07 Å². The van der Waals surface area contributed by atoms with Gasteiger partial charge in [-0.2, -0.15) is 0 Å². The summed E-state index contributed by atoms with van der Waals surface area (Å²) < 4.78 is 14.5. The van der Waals surface area contributed by atoms with Crippen LogP contribution in [0.1, 0.15) is 30.0 Å². The number of rotatable bonds is 2. The van der Waals surface area contributed by atoms with Crippen LogP contribution in [-0.2, 0) is 0 Å². The molecule has 0 amide bonds. The van der Waals surface area contributed by atoms with Crippen molar-refractivity contribution < 1.29 is 4.39 Å². The monoisotopic (exact) mass is 232 g/mol. The van der Waals surface area contributed by atoms with Crippen molar-refractivity contribution in [1.29, 1.82) is 0 Å². The molecular formula is C13H13FN2O. The zero-order chi connectivity index (χ0) is 12.0. The number of aromatic amines is 1. The average Bonchev–Trinajstić information content (AvgIpc) is 3.04. The number of H-pyrrole nitrogens is 1. The molecule has 88 valence electrons. The Morgan fingerprint density at radius 3 is 2.76 bits per heavy atom. The molecule has 0 unspecified atom stereocenters. The molecule has 0 atom stereocenters. The van der Waals surface area contributed by atoms with E-state index >= 15 is 0 Å². The van der Waals surface area contributed by atoms with Gasteiger partial charge < -0.3 is 0 Å². The lowest BCUT2D eigenvalue weighted by molar-refractivity contribution is 0.625. The van der Waals surface area contributed by atoms with Gasteiger partial charge in [0.05, 0.1) is 5.69 Å². The van der Waals surface area contributed by atoms with Crippen molar-refractivity contribution >= 4 is 0 Å². The molecule has 4 heteroatoms. The molecule has 1 heterocycles. The molecule has 1 aliphatic carbocycles. The van der Waals surface area contributed by atoms with Crippen LogP contribution in [0.15, 0.2) is 29.1 Å². The van der Waals surface area contributed by atoms with E-state index in [-0.39, 0.29) is 11.4 Å². The highest BCUT2D eigenvalue weighted by atomic mass is 19.1. The highest BCUT2D eigenvalue weighted by Gasteiger charge is 2.26. The standard InChI is InChI=1S/C13H13FN2O/c1-8-6-10(14)4-5-12(8)16-13(17)7-11(15-16)9-2-3-9/h4-7,9,15H,2-3H2,1H3. The first-order chi connectivity index (χ1) is 8.15. The molecule has 1 saturated carbocycles. The number of hydrogen-bond acceptors (Lipinski definition) is 1. The van der Waals surface area contributed by atoms with E-state index in [9.17, 15) is 9.18 Å². The van der Waals surface area contributed by atoms with Gasteiger partial charge in [-0.3, -0.25) is 9.89 Å². The van der Waals surface area contributed by atoms with Crippen molar-refractivity contribution in [2.75, 3.05) is 0 Å². The van der Waals surface area contributed by atoms with E-state index in [0.29, 0.717) is 11.6 Å². The Morgan fingerprint density at radius 1 is 1.35 bits per heavy atom. The third-order valence-corrected chi connectivity index (χ3v) is 3.16. The Morgan fingerprint density at radius 2 is 2.12 bits per heavy atom. The third kappa shape index (κ3) is 1.79. The second-order valence-electron chi connectivity index (χ2n) is 4.59. The van der Waals surface area contributed by atoms with Gasteiger partial charge in [0.1, 0.15) is 5.82 Å². The largest absolute Gasteiger partial charge is 0.295 e. The Balaban J connectivity index is 2.11. The summed E-state index contributed by atoms with van der Waals surface area (Å²) in [7, 11) is 0. The topological polar surface area (TPSA) is 37.8 Å². The molecular weight excluding hydrogens is 219 g/mol. The van der Waals surface area contributed by atoms with E-state index in [1.807, 2.05) is 0 Å². The predicted octanol–water partition coefficient (Wildman–Crippen LogP) is 2.49. The van der Waals surface area contributed by atoms with Gasteiger partial charge in [0, 0.05) is 17.7 Å². The fourth-order valence-electron chi connectivity index (χ4n) is 2.07. The van der Waals surface area contributed by atoms with Crippen LogP contribution in [0.2, 0.25) is 0 Å². The van der Waals surface area contributed by atoms with Crippen molar-refractivity contribution in [3.63, 3.8) is 0 Å². The number of benzene rings is 1. The maximum absolute atomic E-state index is 13.0. The smallest absolute Gasteiger partial charge is 0.271 e. The van der Waals surface area contributed by atoms with E-state index in [4.69, 9.17) is 0 Å². The van der Waals surface area contributed by atoms with Crippen LogP contribution in [0.4, 0.5) is 4.39 Å². The molecule has 0 saturated heterocycles. The minimum Gasteiger partial charge on any atom is -0.295 e. The summed E-state index contributed by atoms with van der Waals surface area (Å²) in [5.41, 5.74) is 2.36. The summed E-state index contributed by atoms with van der Waals surface area (Å²) in [5, 5.41) is 3.10. The van der Waals surface area contributed by atoms with Gasteiger partial charge in [0.15, 0.2) is 0 Å². The van der Waals surface area contributed by atoms with Gasteiger partial charge in [0.25, 0.3) is 5.56 Å². The van der Waals surface area contributed by atoms with Gasteiger partial charge >= 0.3 is 0 Å². The SMILES string of the molecule is Cc1cc(F)ccc1-n1[nH]c(C2CC2)cc1=O. The Labute approximate surface area is 97.9 Å². The zero-order valence-corrected chi connectivity index (χ0v) is 9.53. The predicted molar refractivity (Wildman–Crippen MR) is 63.1 cm³/mol. The van der Waals surface area contributed by atoms with E-state index in [2.05, 4.69) is 5.10 Å². The van der Waals surface area contributed by atoms with Crippen molar-refractivity contribution in [2.45, 2.75) is 25.7 Å². The lowest BCUT2D eigenvalue weighted by Crippen LogP contribution is -2.14. The van der Waals surface area contributed by atoms with Crippen molar-refractivity contribution in [3.05, 3.63) is 51.7 Å². The Hall–Kier alpha value is -1.84. The number of halogens is 1.